The van der Waals surface area contributed by atoms with E-state index in [9.17, 15) is 4.79 Å². The first kappa shape index (κ1) is 19.3. The summed E-state index contributed by atoms with van der Waals surface area (Å²) >= 11 is 6.35. The highest BCUT2D eigenvalue weighted by Crippen LogP contribution is 2.39. The van der Waals surface area contributed by atoms with E-state index in [-0.39, 0.29) is 5.91 Å². The molecule has 0 unspecified atom stereocenters. The van der Waals surface area contributed by atoms with Crippen molar-refractivity contribution in [1.29, 1.82) is 0 Å². The molecule has 2 aliphatic rings. The molecule has 1 aromatic carbocycles. The fraction of sp³-hybridized carbons (Fsp3) is 0.524. The van der Waals surface area contributed by atoms with Crippen molar-refractivity contribution in [2.24, 2.45) is 7.05 Å². The summed E-state index contributed by atoms with van der Waals surface area (Å²) in [7, 11) is 1.81. The number of nitrogens with one attached hydrogen (secondary N) is 1. The Kier molecular flexibility index (Phi) is 5.87. The van der Waals surface area contributed by atoms with Gasteiger partial charge < -0.3 is 15.0 Å². The third-order valence-electron chi connectivity index (χ3n) is 5.40. The monoisotopic (exact) mass is 402 g/mol. The summed E-state index contributed by atoms with van der Waals surface area (Å²) in [6, 6.07) is 7.57. The molecule has 1 amide bonds. The van der Waals surface area contributed by atoms with Crippen molar-refractivity contribution in [3.05, 3.63) is 46.2 Å². The smallest absolute Gasteiger partial charge is 0.269 e. The van der Waals surface area contributed by atoms with Gasteiger partial charge in [-0.15, -0.1) is 0 Å². The summed E-state index contributed by atoms with van der Waals surface area (Å²) in [5, 5.41) is 7.97. The molecule has 2 aromatic rings. The highest BCUT2D eigenvalue weighted by molar-refractivity contribution is 6.32. The molecular weight excluding hydrogens is 376 g/mol. The number of carbonyl (C=O) groups excluding carboxylic acids is 1. The minimum Gasteiger partial charge on any atom is -0.492 e. The second-order valence-corrected chi connectivity index (χ2v) is 8.10. The highest BCUT2D eigenvalue weighted by Gasteiger charge is 2.28. The van der Waals surface area contributed by atoms with Gasteiger partial charge in [0.25, 0.3) is 5.91 Å². The number of hydrogen-bond donors (Lipinski definition) is 1. The number of rotatable bonds is 9. The summed E-state index contributed by atoms with van der Waals surface area (Å²) in [5.41, 5.74) is 2.55. The van der Waals surface area contributed by atoms with Crippen LogP contribution >= 0.6 is 11.6 Å². The van der Waals surface area contributed by atoms with E-state index in [1.54, 1.807) is 4.68 Å². The summed E-state index contributed by atoms with van der Waals surface area (Å²) in [6.45, 7) is 4.58. The van der Waals surface area contributed by atoms with E-state index in [0.29, 0.717) is 35.5 Å². The number of aryl methyl sites for hydroxylation is 1. The third kappa shape index (κ3) is 4.67. The quantitative estimate of drug-likeness (QED) is 0.653. The summed E-state index contributed by atoms with van der Waals surface area (Å²) < 4.78 is 7.45. The van der Waals surface area contributed by atoms with E-state index in [1.807, 2.05) is 31.3 Å². The molecule has 0 atom stereocenters. The molecule has 6 nitrogen and oxygen atoms in total. The van der Waals surface area contributed by atoms with Crippen LogP contribution in [0.5, 0.6) is 5.75 Å². The molecule has 0 bridgehead atoms. The van der Waals surface area contributed by atoms with Crippen molar-refractivity contribution in [3.63, 3.8) is 0 Å². The number of carbonyl (C=O) groups is 1. The summed E-state index contributed by atoms with van der Waals surface area (Å²) in [4.78, 5) is 14.9. The Morgan fingerprint density at radius 1 is 1.32 bits per heavy atom. The molecule has 1 saturated heterocycles. The van der Waals surface area contributed by atoms with Gasteiger partial charge in [-0.25, -0.2) is 0 Å². The van der Waals surface area contributed by atoms with Gasteiger partial charge in [0.05, 0.1) is 17.3 Å². The lowest BCUT2D eigenvalue weighted by Crippen LogP contribution is -2.38. The lowest BCUT2D eigenvalue weighted by molar-refractivity contribution is 0.0941. The summed E-state index contributed by atoms with van der Waals surface area (Å²) in [5.74, 6) is 1.11. The maximum absolute atomic E-state index is 12.5. The molecular formula is C21H27ClN4O2. The Labute approximate surface area is 170 Å². The molecule has 150 valence electrons. The number of likely N-dealkylation sites (tertiary alicyclic amines) is 1. The Hall–Kier alpha value is -2.05. The van der Waals surface area contributed by atoms with Crippen LogP contribution in [-0.4, -0.2) is 46.8 Å². The molecule has 4 rings (SSSR count). The Morgan fingerprint density at radius 3 is 2.82 bits per heavy atom. The molecule has 2 fully saturated rings. The van der Waals surface area contributed by atoms with Gasteiger partial charge >= 0.3 is 0 Å². The zero-order chi connectivity index (χ0) is 19.5. The van der Waals surface area contributed by atoms with Gasteiger partial charge in [-0.05, 0) is 62.5 Å². The van der Waals surface area contributed by atoms with Crippen LogP contribution in [0.3, 0.4) is 0 Å². The van der Waals surface area contributed by atoms with E-state index in [0.717, 1.165) is 24.2 Å². The van der Waals surface area contributed by atoms with Crippen LogP contribution in [0.4, 0.5) is 0 Å². The minimum absolute atomic E-state index is 0.121. The van der Waals surface area contributed by atoms with Crippen LogP contribution in [0.2, 0.25) is 5.02 Å². The van der Waals surface area contributed by atoms with Crippen molar-refractivity contribution in [3.8, 4) is 5.75 Å². The van der Waals surface area contributed by atoms with Crippen LogP contribution in [0.15, 0.2) is 24.3 Å². The lowest BCUT2D eigenvalue weighted by atomic mass is 10.2. The average Bonchev–Trinajstić information content (AvgIpc) is 3.41. The fourth-order valence-corrected chi connectivity index (χ4v) is 3.66. The van der Waals surface area contributed by atoms with E-state index in [1.165, 1.54) is 32.4 Å². The first-order chi connectivity index (χ1) is 13.6. The molecule has 28 heavy (non-hydrogen) atoms. The average molecular weight is 403 g/mol. The van der Waals surface area contributed by atoms with Gasteiger partial charge in [0.2, 0.25) is 0 Å². The molecule has 1 N–H and O–H groups in total. The molecule has 1 saturated carbocycles. The first-order valence-corrected chi connectivity index (χ1v) is 10.4. The second kappa shape index (κ2) is 8.53. The normalized spacial score (nSPS) is 16.6. The van der Waals surface area contributed by atoms with Gasteiger partial charge in [0, 0.05) is 26.1 Å². The Morgan fingerprint density at radius 2 is 2.14 bits per heavy atom. The predicted molar refractivity (Wildman–Crippen MR) is 109 cm³/mol. The molecule has 1 aliphatic carbocycles. The van der Waals surface area contributed by atoms with E-state index < -0.39 is 0 Å². The van der Waals surface area contributed by atoms with Crippen molar-refractivity contribution in [1.82, 2.24) is 20.0 Å². The molecule has 7 heteroatoms. The number of nitrogens with zero attached hydrogens (tertiary/aromatic N) is 3. The zero-order valence-corrected chi connectivity index (χ0v) is 17.0. The van der Waals surface area contributed by atoms with Crippen molar-refractivity contribution >= 4 is 17.5 Å². The fourth-order valence-electron chi connectivity index (χ4n) is 3.40. The molecule has 0 radical (unpaired) electrons. The maximum Gasteiger partial charge on any atom is 0.269 e. The standard InChI is InChI=1S/C21H27ClN4O2/c1-25-19(13-18(24-25)16-5-6-16)21(27)23-14-15-4-7-20(17(22)12-15)28-11-3-10-26-8-2-9-26/h4,7,12-13,16H,2-3,5-6,8-11,14H2,1H3,(H,23,27). The number of ether oxygens (including phenoxy) is 1. The summed E-state index contributed by atoms with van der Waals surface area (Å²) in [6.07, 6.45) is 4.65. The van der Waals surface area contributed by atoms with Gasteiger partial charge in [-0.1, -0.05) is 17.7 Å². The Bertz CT molecular complexity index is 843. The number of amides is 1. The van der Waals surface area contributed by atoms with E-state index in [4.69, 9.17) is 16.3 Å². The Balaban J connectivity index is 1.26. The van der Waals surface area contributed by atoms with Gasteiger partial charge in [-0.2, -0.15) is 5.10 Å². The van der Waals surface area contributed by atoms with Crippen LogP contribution in [0.25, 0.3) is 0 Å². The topological polar surface area (TPSA) is 59.4 Å². The van der Waals surface area contributed by atoms with Crippen molar-refractivity contribution in [2.45, 2.75) is 38.1 Å². The van der Waals surface area contributed by atoms with Gasteiger partial charge in [-0.3, -0.25) is 9.48 Å². The predicted octanol–water partition coefficient (Wildman–Crippen LogP) is 3.36. The molecule has 1 aromatic heterocycles. The molecule has 2 heterocycles. The van der Waals surface area contributed by atoms with Crippen LogP contribution < -0.4 is 10.1 Å². The largest absolute Gasteiger partial charge is 0.492 e. The lowest BCUT2D eigenvalue weighted by Gasteiger charge is -2.30. The van der Waals surface area contributed by atoms with Crippen molar-refractivity contribution in [2.75, 3.05) is 26.2 Å². The SMILES string of the molecule is Cn1nc(C2CC2)cc1C(=O)NCc1ccc(OCCCN2CCC2)c(Cl)c1. The number of benzene rings is 1. The van der Waals surface area contributed by atoms with Crippen LogP contribution in [-0.2, 0) is 13.6 Å². The zero-order valence-electron chi connectivity index (χ0n) is 16.3. The van der Waals surface area contributed by atoms with E-state index >= 15 is 0 Å². The van der Waals surface area contributed by atoms with Crippen molar-refractivity contribution < 1.29 is 9.53 Å². The number of hydrogen-bond acceptors (Lipinski definition) is 4. The second-order valence-electron chi connectivity index (χ2n) is 7.70. The third-order valence-corrected chi connectivity index (χ3v) is 5.70. The maximum atomic E-state index is 12.5. The van der Waals surface area contributed by atoms with Crippen LogP contribution in [0, 0.1) is 0 Å². The number of aromatic nitrogens is 2. The highest BCUT2D eigenvalue weighted by atomic mass is 35.5. The van der Waals surface area contributed by atoms with Crippen LogP contribution in [0.1, 0.15) is 53.3 Å². The van der Waals surface area contributed by atoms with Gasteiger partial charge in [0.15, 0.2) is 0 Å². The number of halogens is 1. The van der Waals surface area contributed by atoms with Gasteiger partial charge in [0.1, 0.15) is 11.4 Å². The van der Waals surface area contributed by atoms with E-state index in [2.05, 4.69) is 15.3 Å². The molecule has 1 aliphatic heterocycles. The molecule has 0 spiro atoms. The minimum atomic E-state index is -0.121. The first-order valence-electron chi connectivity index (χ1n) is 10.1.